The summed E-state index contributed by atoms with van der Waals surface area (Å²) in [7, 11) is 0. The summed E-state index contributed by atoms with van der Waals surface area (Å²) in [5, 5.41) is 20.5. The largest absolute Gasteiger partial charge is 0.480 e. The molecule has 0 fully saturated rings. The molecule has 0 aromatic rings. The van der Waals surface area contributed by atoms with Gasteiger partial charge in [0.05, 0.1) is 12.5 Å². The Labute approximate surface area is 101 Å². The van der Waals surface area contributed by atoms with Gasteiger partial charge in [-0.1, -0.05) is 13.8 Å². The van der Waals surface area contributed by atoms with Crippen LogP contribution in [-0.4, -0.2) is 40.3 Å². The minimum absolute atomic E-state index is 0.175. The molecule has 0 aliphatic heterocycles. The number of carboxylic acids is 1. The lowest BCUT2D eigenvalue weighted by atomic mass is 9.98. The molecule has 5 N–H and O–H groups in total. The van der Waals surface area contributed by atoms with Gasteiger partial charge in [-0.25, -0.2) is 0 Å². The molecule has 2 unspecified atom stereocenters. The third kappa shape index (κ3) is 6.91. The molecule has 0 radical (unpaired) electrons. The van der Waals surface area contributed by atoms with Crippen LogP contribution in [0, 0.1) is 5.92 Å². The molecule has 0 aliphatic carbocycles. The van der Waals surface area contributed by atoms with Gasteiger partial charge in [0.1, 0.15) is 6.04 Å². The average Bonchev–Trinajstić information content (AvgIpc) is 2.15. The molecule has 3 atom stereocenters. The number of nitrogens with one attached hydrogen (secondary N) is 1. The highest BCUT2D eigenvalue weighted by Gasteiger charge is 2.21. The zero-order valence-corrected chi connectivity index (χ0v) is 10.5. The number of hydrogen-bond donors (Lipinski definition) is 4. The van der Waals surface area contributed by atoms with Crippen LogP contribution in [0.4, 0.5) is 0 Å². The van der Waals surface area contributed by atoms with Crippen LogP contribution in [0.25, 0.3) is 0 Å². The lowest BCUT2D eigenvalue weighted by Crippen LogP contribution is -2.43. The Morgan fingerprint density at radius 2 is 1.82 bits per heavy atom. The number of nitrogens with two attached hydrogens (primary N) is 1. The summed E-state index contributed by atoms with van der Waals surface area (Å²) in [4.78, 5) is 21.9. The SMILES string of the molecule is CC(C)CC(N)C(O)CC(=O)N[C@@H](C)C(=O)O. The van der Waals surface area contributed by atoms with Crippen molar-refractivity contribution in [3.63, 3.8) is 0 Å². The van der Waals surface area contributed by atoms with Gasteiger partial charge in [-0.05, 0) is 19.3 Å². The molecule has 0 aromatic heterocycles. The molecule has 0 bridgehead atoms. The predicted molar refractivity (Wildman–Crippen MR) is 63.3 cm³/mol. The first-order valence-electron chi connectivity index (χ1n) is 5.69. The zero-order chi connectivity index (χ0) is 13.6. The molecule has 0 aromatic carbocycles. The third-order valence-corrected chi connectivity index (χ3v) is 2.38. The second kappa shape index (κ2) is 7.24. The van der Waals surface area contributed by atoms with Gasteiger partial charge in [-0.2, -0.15) is 0 Å². The van der Waals surface area contributed by atoms with E-state index in [1.165, 1.54) is 6.92 Å². The fourth-order valence-corrected chi connectivity index (χ4v) is 1.40. The number of aliphatic carboxylic acids is 1. The first kappa shape index (κ1) is 15.9. The van der Waals surface area contributed by atoms with Crippen molar-refractivity contribution in [2.45, 2.75) is 51.8 Å². The zero-order valence-electron chi connectivity index (χ0n) is 10.5. The van der Waals surface area contributed by atoms with E-state index < -0.39 is 30.1 Å². The number of carbonyl (C=O) groups is 2. The summed E-state index contributed by atoms with van der Waals surface area (Å²) in [6.07, 6.45) is -0.507. The molecule has 17 heavy (non-hydrogen) atoms. The molecule has 1 amide bonds. The van der Waals surface area contributed by atoms with Gasteiger partial charge in [-0.3, -0.25) is 9.59 Å². The predicted octanol–water partition coefficient (Wildman–Crippen LogP) is -0.300. The summed E-state index contributed by atoms with van der Waals surface area (Å²) in [5.74, 6) is -1.29. The molecule has 6 nitrogen and oxygen atoms in total. The molecule has 100 valence electrons. The van der Waals surface area contributed by atoms with Crippen LogP contribution >= 0.6 is 0 Å². The van der Waals surface area contributed by atoms with Crippen molar-refractivity contribution >= 4 is 11.9 Å². The number of carbonyl (C=O) groups excluding carboxylic acids is 1. The van der Waals surface area contributed by atoms with Gasteiger partial charge >= 0.3 is 5.97 Å². The summed E-state index contributed by atoms with van der Waals surface area (Å²) < 4.78 is 0. The van der Waals surface area contributed by atoms with Gasteiger partial charge in [0.25, 0.3) is 0 Å². The highest BCUT2D eigenvalue weighted by molar-refractivity contribution is 5.83. The topological polar surface area (TPSA) is 113 Å². The van der Waals surface area contributed by atoms with Crippen LogP contribution in [0.5, 0.6) is 0 Å². The fourth-order valence-electron chi connectivity index (χ4n) is 1.40. The second-order valence-electron chi connectivity index (χ2n) is 4.69. The molecule has 0 saturated carbocycles. The van der Waals surface area contributed by atoms with E-state index in [9.17, 15) is 14.7 Å². The molecule has 0 saturated heterocycles. The van der Waals surface area contributed by atoms with Gasteiger partial charge < -0.3 is 21.3 Å². The standard InChI is InChI=1S/C11H22N2O4/c1-6(2)4-8(12)9(14)5-10(15)13-7(3)11(16)17/h6-9,14H,4-5,12H2,1-3H3,(H,13,15)(H,16,17)/t7-,8?,9?/m0/s1. The monoisotopic (exact) mass is 246 g/mol. The lowest BCUT2D eigenvalue weighted by molar-refractivity contribution is -0.141. The van der Waals surface area contributed by atoms with Crippen LogP contribution in [0.15, 0.2) is 0 Å². The third-order valence-electron chi connectivity index (χ3n) is 2.38. The second-order valence-corrected chi connectivity index (χ2v) is 4.69. The van der Waals surface area contributed by atoms with E-state index >= 15 is 0 Å². The van der Waals surface area contributed by atoms with Crippen LogP contribution < -0.4 is 11.1 Å². The van der Waals surface area contributed by atoms with E-state index in [4.69, 9.17) is 10.8 Å². The van der Waals surface area contributed by atoms with Crippen LogP contribution in [0.1, 0.15) is 33.6 Å². The summed E-state index contributed by atoms with van der Waals surface area (Å²) in [6, 6.07) is -1.43. The summed E-state index contributed by atoms with van der Waals surface area (Å²) in [5.41, 5.74) is 5.71. The number of amides is 1. The van der Waals surface area contributed by atoms with Gasteiger partial charge in [0.2, 0.25) is 5.91 Å². The lowest BCUT2D eigenvalue weighted by Gasteiger charge is -2.20. The quantitative estimate of drug-likeness (QED) is 0.492. The molecule has 0 aliphatic rings. The summed E-state index contributed by atoms with van der Waals surface area (Å²) >= 11 is 0. The Balaban J connectivity index is 4.07. The number of aliphatic hydroxyl groups excluding tert-OH is 1. The Bertz CT molecular complexity index is 268. The Morgan fingerprint density at radius 3 is 2.24 bits per heavy atom. The van der Waals surface area contributed by atoms with Gasteiger partial charge in [0, 0.05) is 6.04 Å². The van der Waals surface area contributed by atoms with Crippen molar-refractivity contribution in [3.8, 4) is 0 Å². The van der Waals surface area contributed by atoms with E-state index in [0.29, 0.717) is 12.3 Å². The Morgan fingerprint density at radius 1 is 1.29 bits per heavy atom. The highest BCUT2D eigenvalue weighted by Crippen LogP contribution is 2.08. The van der Waals surface area contributed by atoms with Crippen LogP contribution in [0.2, 0.25) is 0 Å². The van der Waals surface area contributed by atoms with E-state index in [0.717, 1.165) is 0 Å². The number of hydrogen-bond acceptors (Lipinski definition) is 4. The molecular formula is C11H22N2O4. The van der Waals surface area contributed by atoms with Gasteiger partial charge in [0.15, 0.2) is 0 Å². The Kier molecular flexibility index (Phi) is 6.75. The smallest absolute Gasteiger partial charge is 0.325 e. The number of rotatable bonds is 7. The maximum atomic E-state index is 11.4. The van der Waals surface area contributed by atoms with E-state index in [2.05, 4.69) is 5.32 Å². The van der Waals surface area contributed by atoms with Crippen LogP contribution in [0.3, 0.4) is 0 Å². The van der Waals surface area contributed by atoms with Gasteiger partial charge in [-0.15, -0.1) is 0 Å². The first-order valence-corrected chi connectivity index (χ1v) is 5.69. The molecule has 6 heteroatoms. The first-order chi connectivity index (χ1) is 7.73. The average molecular weight is 246 g/mol. The fraction of sp³-hybridized carbons (Fsp3) is 0.818. The minimum Gasteiger partial charge on any atom is -0.480 e. The van der Waals surface area contributed by atoms with Crippen molar-refractivity contribution in [2.75, 3.05) is 0 Å². The van der Waals surface area contributed by atoms with E-state index in [-0.39, 0.29) is 6.42 Å². The summed E-state index contributed by atoms with van der Waals surface area (Å²) in [6.45, 7) is 5.30. The molecule has 0 heterocycles. The maximum Gasteiger partial charge on any atom is 0.325 e. The van der Waals surface area contributed by atoms with Crippen molar-refractivity contribution in [1.82, 2.24) is 5.32 Å². The maximum absolute atomic E-state index is 11.4. The number of aliphatic hydroxyl groups is 1. The molecule has 0 spiro atoms. The van der Waals surface area contributed by atoms with E-state index in [1.807, 2.05) is 13.8 Å². The van der Waals surface area contributed by atoms with Crippen molar-refractivity contribution in [3.05, 3.63) is 0 Å². The molecule has 0 rings (SSSR count). The Hall–Kier alpha value is -1.14. The van der Waals surface area contributed by atoms with Crippen molar-refractivity contribution in [2.24, 2.45) is 11.7 Å². The normalized spacial score (nSPS) is 16.4. The van der Waals surface area contributed by atoms with Crippen LogP contribution in [-0.2, 0) is 9.59 Å². The number of carboxylic acid groups (broad SMARTS) is 1. The molecular weight excluding hydrogens is 224 g/mol. The highest BCUT2D eigenvalue weighted by atomic mass is 16.4. The minimum atomic E-state index is -1.11. The van der Waals surface area contributed by atoms with Crippen molar-refractivity contribution < 1.29 is 19.8 Å². The van der Waals surface area contributed by atoms with Crippen molar-refractivity contribution in [1.29, 1.82) is 0 Å². The van der Waals surface area contributed by atoms with E-state index in [1.54, 1.807) is 0 Å².